The molecule has 0 aliphatic heterocycles. The Balaban J connectivity index is 2.04. The van der Waals surface area contributed by atoms with E-state index >= 15 is 0 Å². The fourth-order valence-corrected chi connectivity index (χ4v) is 2.59. The highest BCUT2D eigenvalue weighted by Gasteiger charge is 2.17. The van der Waals surface area contributed by atoms with Crippen molar-refractivity contribution in [1.82, 2.24) is 0 Å². The number of nitrogens with one attached hydrogen (secondary N) is 1. The lowest BCUT2D eigenvalue weighted by Gasteiger charge is -2.11. The summed E-state index contributed by atoms with van der Waals surface area (Å²) in [5.74, 6) is -3.28. The van der Waals surface area contributed by atoms with Gasteiger partial charge in [-0.3, -0.25) is 14.9 Å². The molecule has 2 aromatic rings. The summed E-state index contributed by atoms with van der Waals surface area (Å²) in [5.41, 5.74) is 0.655. The minimum Gasteiger partial charge on any atom is -0.477 e. The second-order valence-electron chi connectivity index (χ2n) is 4.94. The van der Waals surface area contributed by atoms with Gasteiger partial charge in [0, 0.05) is 11.0 Å². The largest absolute Gasteiger partial charge is 0.477 e. The normalized spacial score (nSPS) is 10.6. The van der Waals surface area contributed by atoms with Crippen LogP contribution in [0, 0.1) is 17.0 Å². The summed E-state index contributed by atoms with van der Waals surface area (Å²) >= 11 is 0.311. The third-order valence-corrected chi connectivity index (χ3v) is 3.84. The highest BCUT2D eigenvalue weighted by molar-refractivity contribution is 7.99. The maximum absolute atomic E-state index is 12.5. The molecule has 1 N–H and O–H groups in total. The van der Waals surface area contributed by atoms with Crippen LogP contribution < -0.4 is 10.1 Å². The number of ether oxygens (including phenoxy) is 1. The van der Waals surface area contributed by atoms with Crippen molar-refractivity contribution in [3.63, 3.8) is 0 Å². The number of nitrogens with zero attached hydrogens (tertiary/aromatic N) is 1. The van der Waals surface area contributed by atoms with Crippen molar-refractivity contribution in [3.8, 4) is 5.75 Å². The van der Waals surface area contributed by atoms with Crippen LogP contribution >= 0.6 is 11.8 Å². The Bertz CT molecular complexity index is 786. The lowest BCUT2D eigenvalue weighted by molar-refractivity contribution is -0.385. The summed E-state index contributed by atoms with van der Waals surface area (Å²) in [6.07, 6.45) is 0. The number of carbonyl (C=O) groups excluding carboxylic acids is 1. The molecule has 0 heterocycles. The van der Waals surface area contributed by atoms with Gasteiger partial charge in [0.1, 0.15) is 0 Å². The summed E-state index contributed by atoms with van der Waals surface area (Å²) < 4.78 is 30.2. The second-order valence-corrected chi connectivity index (χ2v) is 5.97. The molecule has 0 aliphatic rings. The molecule has 0 atom stereocenters. The zero-order chi connectivity index (χ0) is 18.4. The van der Waals surface area contributed by atoms with Crippen LogP contribution in [0.1, 0.15) is 5.56 Å². The molecule has 0 saturated carbocycles. The molecule has 1 amide bonds. The summed E-state index contributed by atoms with van der Waals surface area (Å²) in [6, 6.07) is 10.5. The first-order valence-corrected chi connectivity index (χ1v) is 7.96. The van der Waals surface area contributed by atoms with Gasteiger partial charge >= 0.3 is 5.69 Å². The van der Waals surface area contributed by atoms with E-state index in [4.69, 9.17) is 4.74 Å². The minimum atomic E-state index is -2.62. The van der Waals surface area contributed by atoms with E-state index in [1.54, 1.807) is 25.1 Å². The van der Waals surface area contributed by atoms with Crippen LogP contribution in [0.3, 0.4) is 0 Å². The van der Waals surface area contributed by atoms with Gasteiger partial charge in [-0.15, -0.1) is 0 Å². The summed E-state index contributed by atoms with van der Waals surface area (Å²) in [6.45, 7) is 1.21. The average Bonchev–Trinajstić information content (AvgIpc) is 2.55. The standard InChI is InChI=1S/C16H14F2N2O4S/c1-10-6-7-13(12(8-10)20(22)23)24-9-15(21)19-11-4-2-3-5-14(11)25-16(17)18/h2-8,16H,9H2,1H3,(H,19,21). The number of halogens is 2. The zero-order valence-corrected chi connectivity index (χ0v) is 13.9. The predicted molar refractivity (Wildman–Crippen MR) is 90.3 cm³/mol. The summed E-state index contributed by atoms with van der Waals surface area (Å²) in [5, 5.41) is 13.5. The fourth-order valence-electron chi connectivity index (χ4n) is 1.99. The number of carbonyl (C=O) groups is 1. The van der Waals surface area contributed by atoms with Crippen LogP contribution in [0.15, 0.2) is 47.4 Å². The Kier molecular flexibility index (Phi) is 6.29. The molecule has 25 heavy (non-hydrogen) atoms. The van der Waals surface area contributed by atoms with E-state index < -0.39 is 23.2 Å². The third kappa shape index (κ3) is 5.42. The van der Waals surface area contributed by atoms with Gasteiger partial charge in [-0.05, 0) is 30.7 Å². The van der Waals surface area contributed by atoms with Gasteiger partial charge in [-0.25, -0.2) is 0 Å². The molecule has 0 bridgehead atoms. The Morgan fingerprint density at radius 1 is 1.32 bits per heavy atom. The molecule has 0 fully saturated rings. The van der Waals surface area contributed by atoms with E-state index in [0.29, 0.717) is 17.3 Å². The summed E-state index contributed by atoms with van der Waals surface area (Å²) in [7, 11) is 0. The molecule has 0 unspecified atom stereocenters. The van der Waals surface area contributed by atoms with Crippen LogP contribution in [0.2, 0.25) is 0 Å². The molecule has 2 rings (SSSR count). The molecule has 6 nitrogen and oxygen atoms in total. The van der Waals surface area contributed by atoms with Gasteiger partial charge in [0.25, 0.3) is 11.7 Å². The van der Waals surface area contributed by atoms with E-state index in [9.17, 15) is 23.7 Å². The van der Waals surface area contributed by atoms with Gasteiger partial charge in [0.05, 0.1) is 10.6 Å². The number of alkyl halides is 2. The minimum absolute atomic E-state index is 0.0407. The third-order valence-electron chi connectivity index (χ3n) is 3.05. The Morgan fingerprint density at radius 2 is 2.04 bits per heavy atom. The van der Waals surface area contributed by atoms with Crippen molar-refractivity contribution in [2.24, 2.45) is 0 Å². The molecule has 0 aromatic heterocycles. The number of hydrogen-bond acceptors (Lipinski definition) is 5. The van der Waals surface area contributed by atoms with Crippen LogP contribution in [0.4, 0.5) is 20.2 Å². The molecule has 132 valence electrons. The molecular formula is C16H14F2N2O4S. The number of aryl methyl sites for hydroxylation is 1. The van der Waals surface area contributed by atoms with Gasteiger partial charge in [0.2, 0.25) is 0 Å². The van der Waals surface area contributed by atoms with Crippen LogP contribution in [-0.4, -0.2) is 23.2 Å². The van der Waals surface area contributed by atoms with Crippen molar-refractivity contribution >= 4 is 29.0 Å². The molecule has 0 radical (unpaired) electrons. The van der Waals surface area contributed by atoms with Crippen molar-refractivity contribution in [1.29, 1.82) is 0 Å². The predicted octanol–water partition coefficient (Wildman–Crippen LogP) is 4.24. The smallest absolute Gasteiger partial charge is 0.311 e. The topological polar surface area (TPSA) is 81.5 Å². The number of nitro groups is 1. The number of thioether (sulfide) groups is 1. The first-order chi connectivity index (χ1) is 11.9. The number of benzene rings is 2. The number of para-hydroxylation sites is 1. The summed E-state index contributed by atoms with van der Waals surface area (Å²) in [4.78, 5) is 22.6. The van der Waals surface area contributed by atoms with E-state index in [1.807, 2.05) is 0 Å². The van der Waals surface area contributed by atoms with Crippen molar-refractivity contribution in [3.05, 3.63) is 58.1 Å². The fraction of sp³-hybridized carbons (Fsp3) is 0.188. The first kappa shape index (κ1) is 18.7. The van der Waals surface area contributed by atoms with E-state index in [0.717, 1.165) is 0 Å². The number of amides is 1. The van der Waals surface area contributed by atoms with Gasteiger partial charge in [-0.1, -0.05) is 30.0 Å². The van der Waals surface area contributed by atoms with Gasteiger partial charge < -0.3 is 10.1 Å². The second kappa shape index (κ2) is 8.43. The molecule has 0 spiro atoms. The highest BCUT2D eigenvalue weighted by atomic mass is 32.2. The Labute approximate surface area is 146 Å². The van der Waals surface area contributed by atoms with E-state index in [1.165, 1.54) is 24.3 Å². The first-order valence-electron chi connectivity index (χ1n) is 7.08. The lowest BCUT2D eigenvalue weighted by Crippen LogP contribution is -2.20. The molecule has 0 saturated heterocycles. The monoisotopic (exact) mass is 368 g/mol. The van der Waals surface area contributed by atoms with Crippen LogP contribution in [0.5, 0.6) is 5.75 Å². The van der Waals surface area contributed by atoms with Crippen molar-refractivity contribution in [2.75, 3.05) is 11.9 Å². The lowest BCUT2D eigenvalue weighted by atomic mass is 10.2. The van der Waals surface area contributed by atoms with Crippen LogP contribution in [0.25, 0.3) is 0 Å². The Morgan fingerprint density at radius 3 is 2.72 bits per heavy atom. The van der Waals surface area contributed by atoms with E-state index in [-0.39, 0.29) is 22.0 Å². The average molecular weight is 368 g/mol. The maximum atomic E-state index is 12.5. The van der Waals surface area contributed by atoms with E-state index in [2.05, 4.69) is 5.32 Å². The van der Waals surface area contributed by atoms with Gasteiger partial charge in [-0.2, -0.15) is 8.78 Å². The van der Waals surface area contributed by atoms with Gasteiger partial charge in [0.15, 0.2) is 12.4 Å². The number of anilines is 1. The highest BCUT2D eigenvalue weighted by Crippen LogP contribution is 2.32. The molecular weight excluding hydrogens is 354 g/mol. The zero-order valence-electron chi connectivity index (χ0n) is 13.1. The number of rotatable bonds is 7. The number of hydrogen-bond donors (Lipinski definition) is 1. The SMILES string of the molecule is Cc1ccc(OCC(=O)Nc2ccccc2SC(F)F)c([N+](=O)[O-])c1. The molecule has 0 aliphatic carbocycles. The van der Waals surface area contributed by atoms with Crippen molar-refractivity contribution < 1.29 is 23.2 Å². The van der Waals surface area contributed by atoms with Crippen LogP contribution in [-0.2, 0) is 4.79 Å². The molecule has 2 aromatic carbocycles. The Hall–Kier alpha value is -2.68. The maximum Gasteiger partial charge on any atom is 0.311 e. The molecule has 9 heteroatoms. The number of nitro benzene ring substituents is 1. The van der Waals surface area contributed by atoms with Crippen molar-refractivity contribution in [2.45, 2.75) is 17.6 Å². The quantitative estimate of drug-likeness (QED) is 0.449.